The summed E-state index contributed by atoms with van der Waals surface area (Å²) in [6.45, 7) is 13.2. The predicted molar refractivity (Wildman–Crippen MR) is 125 cm³/mol. The minimum Gasteiger partial charge on any atom is -0.496 e. The summed E-state index contributed by atoms with van der Waals surface area (Å²) < 4.78 is 11.2. The molecule has 164 valence electrons. The Morgan fingerprint density at radius 3 is 2.10 bits per heavy atom. The number of methoxy groups -OCH3 is 1. The van der Waals surface area contributed by atoms with Gasteiger partial charge in [-0.05, 0) is 54.7 Å². The second-order valence-electron chi connectivity index (χ2n) is 8.98. The molecule has 0 bridgehead atoms. The summed E-state index contributed by atoms with van der Waals surface area (Å²) in [5.74, 6) is 1.53. The lowest BCUT2D eigenvalue weighted by Crippen LogP contribution is -2.45. The molecule has 0 amide bonds. The Balaban J connectivity index is 2.50. The molecule has 0 N–H and O–H groups in total. The van der Waals surface area contributed by atoms with E-state index in [1.165, 1.54) is 5.56 Å². The molecule has 30 heavy (non-hydrogen) atoms. The third kappa shape index (κ3) is 5.06. The van der Waals surface area contributed by atoms with Crippen molar-refractivity contribution < 1.29 is 14.3 Å². The number of carbonyl (C=O) groups is 1. The van der Waals surface area contributed by atoms with Crippen LogP contribution in [0.3, 0.4) is 0 Å². The molecule has 2 atom stereocenters. The van der Waals surface area contributed by atoms with Crippen molar-refractivity contribution >= 4 is 5.97 Å². The first-order valence-corrected chi connectivity index (χ1v) is 11.2. The Morgan fingerprint density at radius 1 is 0.933 bits per heavy atom. The van der Waals surface area contributed by atoms with Crippen LogP contribution in [0.15, 0.2) is 48.5 Å². The number of carbonyl (C=O) groups excluding carboxylic acids is 1. The van der Waals surface area contributed by atoms with Crippen LogP contribution >= 0.6 is 0 Å². The number of hydrogen-bond donors (Lipinski definition) is 0. The Bertz CT molecular complexity index is 824. The second-order valence-corrected chi connectivity index (χ2v) is 8.98. The fourth-order valence-electron chi connectivity index (χ4n) is 4.81. The first-order valence-electron chi connectivity index (χ1n) is 11.2. The first-order chi connectivity index (χ1) is 14.3. The van der Waals surface area contributed by atoms with E-state index in [1.54, 1.807) is 7.11 Å². The van der Waals surface area contributed by atoms with Gasteiger partial charge in [0.05, 0.1) is 19.1 Å². The number of ether oxygens (including phenoxy) is 2. The van der Waals surface area contributed by atoms with Crippen molar-refractivity contribution in [3.8, 4) is 16.9 Å². The Morgan fingerprint density at radius 2 is 1.53 bits per heavy atom. The minimum absolute atomic E-state index is 0.0593. The molecule has 0 radical (unpaired) electrons. The highest BCUT2D eigenvalue weighted by atomic mass is 16.5. The second kappa shape index (κ2) is 10.7. The maximum Gasteiger partial charge on any atom is 0.312 e. The van der Waals surface area contributed by atoms with Gasteiger partial charge < -0.3 is 9.47 Å². The summed E-state index contributed by atoms with van der Waals surface area (Å²) in [6, 6.07) is 16.6. The molecule has 0 aliphatic rings. The highest BCUT2D eigenvalue weighted by Gasteiger charge is 2.47. The molecule has 0 saturated heterocycles. The number of esters is 1. The van der Waals surface area contributed by atoms with E-state index in [4.69, 9.17) is 9.47 Å². The first kappa shape index (κ1) is 24.0. The highest BCUT2D eigenvalue weighted by Crippen LogP contribution is 2.45. The fraction of sp³-hybridized carbons (Fsp3) is 0.519. The highest BCUT2D eigenvalue weighted by molar-refractivity contribution is 5.78. The van der Waals surface area contributed by atoms with Crippen molar-refractivity contribution in [3.05, 3.63) is 54.1 Å². The van der Waals surface area contributed by atoms with Crippen LogP contribution in [0.4, 0.5) is 0 Å². The van der Waals surface area contributed by atoms with Gasteiger partial charge in [0.2, 0.25) is 0 Å². The molecule has 0 heterocycles. The largest absolute Gasteiger partial charge is 0.496 e. The van der Waals surface area contributed by atoms with Gasteiger partial charge in [0.1, 0.15) is 5.75 Å². The van der Waals surface area contributed by atoms with E-state index >= 15 is 0 Å². The summed E-state index contributed by atoms with van der Waals surface area (Å²) >= 11 is 0. The summed E-state index contributed by atoms with van der Waals surface area (Å²) in [6.07, 6.45) is 1.62. The molecular weight excluding hydrogens is 372 g/mol. The van der Waals surface area contributed by atoms with Gasteiger partial charge in [-0.25, -0.2) is 0 Å². The molecule has 2 aromatic carbocycles. The lowest BCUT2D eigenvalue weighted by molar-refractivity contribution is -0.164. The van der Waals surface area contributed by atoms with Crippen molar-refractivity contribution in [2.24, 2.45) is 23.2 Å². The van der Waals surface area contributed by atoms with Gasteiger partial charge in [-0.1, -0.05) is 77.1 Å². The minimum atomic E-state index is -0.516. The van der Waals surface area contributed by atoms with Crippen molar-refractivity contribution in [1.29, 1.82) is 0 Å². The van der Waals surface area contributed by atoms with Gasteiger partial charge in [-0.3, -0.25) is 4.79 Å². The zero-order valence-corrected chi connectivity index (χ0v) is 19.7. The smallest absolute Gasteiger partial charge is 0.312 e. The Hall–Kier alpha value is -2.29. The van der Waals surface area contributed by atoms with Crippen molar-refractivity contribution in [2.45, 2.75) is 54.4 Å². The number of para-hydroxylation sites is 1. The third-order valence-corrected chi connectivity index (χ3v) is 6.25. The molecule has 2 rings (SSSR count). The van der Waals surface area contributed by atoms with Crippen LogP contribution in [0.2, 0.25) is 0 Å². The van der Waals surface area contributed by atoms with Crippen molar-refractivity contribution in [2.75, 3.05) is 13.7 Å². The zero-order chi connectivity index (χ0) is 22.3. The van der Waals surface area contributed by atoms with E-state index in [2.05, 4.69) is 65.0 Å². The van der Waals surface area contributed by atoms with Gasteiger partial charge in [0.25, 0.3) is 0 Å². The molecular formula is C27H38O3. The van der Waals surface area contributed by atoms with Gasteiger partial charge in [-0.2, -0.15) is 0 Å². The van der Waals surface area contributed by atoms with E-state index in [9.17, 15) is 4.79 Å². The third-order valence-electron chi connectivity index (χ3n) is 6.25. The molecule has 0 aliphatic carbocycles. The topological polar surface area (TPSA) is 35.5 Å². The summed E-state index contributed by atoms with van der Waals surface area (Å²) in [7, 11) is 1.71. The fourth-order valence-corrected chi connectivity index (χ4v) is 4.81. The van der Waals surface area contributed by atoms with Gasteiger partial charge in [0, 0.05) is 5.56 Å². The monoisotopic (exact) mass is 410 g/mol. The number of benzene rings is 2. The van der Waals surface area contributed by atoms with E-state index in [0.717, 1.165) is 29.7 Å². The van der Waals surface area contributed by atoms with Gasteiger partial charge in [-0.15, -0.1) is 0 Å². The summed E-state index contributed by atoms with van der Waals surface area (Å²) in [5.41, 5.74) is 2.95. The van der Waals surface area contributed by atoms with Crippen molar-refractivity contribution in [3.63, 3.8) is 0 Å². The molecule has 3 nitrogen and oxygen atoms in total. The molecule has 0 saturated carbocycles. The molecule has 2 aromatic rings. The summed E-state index contributed by atoms with van der Waals surface area (Å²) in [4.78, 5) is 13.3. The standard InChI is InChI=1S/C27H38O3/c1-8-30-26(28)27(20(4)5,18-19(2)3)21(6)17-22-13-9-10-14-23(22)24-15-11-12-16-25(24)29-7/h9-16,19-21H,8,17-18H2,1-7H3. The Labute approximate surface area is 182 Å². The predicted octanol–water partition coefficient (Wildman–Crippen LogP) is 6.79. The van der Waals surface area contributed by atoms with Crippen LogP contribution in [0.5, 0.6) is 5.75 Å². The molecule has 0 aromatic heterocycles. The van der Waals surface area contributed by atoms with E-state index in [0.29, 0.717) is 12.5 Å². The zero-order valence-electron chi connectivity index (χ0n) is 19.7. The van der Waals surface area contributed by atoms with Crippen LogP contribution in [0, 0.1) is 23.2 Å². The lowest BCUT2D eigenvalue weighted by atomic mass is 9.62. The quantitative estimate of drug-likeness (QED) is 0.404. The summed E-state index contributed by atoms with van der Waals surface area (Å²) in [5, 5.41) is 0. The van der Waals surface area contributed by atoms with Crippen LogP contribution in [-0.4, -0.2) is 19.7 Å². The number of rotatable bonds is 10. The van der Waals surface area contributed by atoms with Crippen LogP contribution in [0.25, 0.3) is 11.1 Å². The molecule has 0 spiro atoms. The van der Waals surface area contributed by atoms with Gasteiger partial charge in [0.15, 0.2) is 0 Å². The average Bonchev–Trinajstić information content (AvgIpc) is 2.72. The van der Waals surface area contributed by atoms with Crippen molar-refractivity contribution in [1.82, 2.24) is 0 Å². The maximum absolute atomic E-state index is 13.3. The van der Waals surface area contributed by atoms with E-state index in [-0.39, 0.29) is 17.8 Å². The average molecular weight is 411 g/mol. The molecule has 3 heteroatoms. The maximum atomic E-state index is 13.3. The normalized spacial score (nSPS) is 14.4. The molecule has 0 aliphatic heterocycles. The number of hydrogen-bond acceptors (Lipinski definition) is 3. The Kier molecular flexibility index (Phi) is 8.52. The molecule has 2 unspecified atom stereocenters. The van der Waals surface area contributed by atoms with Gasteiger partial charge >= 0.3 is 5.97 Å². The lowest BCUT2D eigenvalue weighted by Gasteiger charge is -2.42. The van der Waals surface area contributed by atoms with Crippen LogP contribution < -0.4 is 4.74 Å². The van der Waals surface area contributed by atoms with E-state index < -0.39 is 5.41 Å². The SMILES string of the molecule is CCOC(=O)C(CC(C)C)(C(C)C)C(C)Cc1ccccc1-c1ccccc1OC. The van der Waals surface area contributed by atoms with Crippen LogP contribution in [0.1, 0.15) is 53.5 Å². The molecule has 0 fully saturated rings. The van der Waals surface area contributed by atoms with Crippen LogP contribution in [-0.2, 0) is 16.0 Å². The van der Waals surface area contributed by atoms with E-state index in [1.807, 2.05) is 25.1 Å².